The molecule has 1 unspecified atom stereocenters. The molecule has 0 radical (unpaired) electrons. The smallest absolute Gasteiger partial charge is 0.261 e. The molecule has 8 rings (SSSR count). The van der Waals surface area contributed by atoms with E-state index in [0.717, 1.165) is 91.0 Å². The number of anilines is 2. The Morgan fingerprint density at radius 2 is 1.68 bits per heavy atom. The molecule has 1 aromatic heterocycles. The number of hydrogen-bond acceptors (Lipinski definition) is 12. The lowest BCUT2D eigenvalue weighted by Gasteiger charge is -2.52. The van der Waals surface area contributed by atoms with Gasteiger partial charge in [-0.1, -0.05) is 0 Å². The quantitative estimate of drug-likeness (QED) is 0.226. The number of piperidine rings is 3. The highest BCUT2D eigenvalue weighted by Crippen LogP contribution is 2.36. The number of aromatic nitrogens is 2. The minimum atomic E-state index is -0.629. The van der Waals surface area contributed by atoms with Gasteiger partial charge in [0.15, 0.2) is 0 Å². The van der Waals surface area contributed by atoms with Crippen LogP contribution in [0.15, 0.2) is 29.1 Å². The lowest BCUT2D eigenvalue weighted by Crippen LogP contribution is -2.64. The van der Waals surface area contributed by atoms with E-state index in [-0.39, 0.29) is 23.5 Å². The third-order valence-electron chi connectivity index (χ3n) is 12.1. The first-order valence-electron chi connectivity index (χ1n) is 20.0. The second-order valence-electron chi connectivity index (χ2n) is 15.7. The number of hydrogen-bond donors (Lipinski definition) is 3. The Labute approximate surface area is 329 Å². The van der Waals surface area contributed by atoms with Crippen LogP contribution >= 0.6 is 11.8 Å². The van der Waals surface area contributed by atoms with Crippen LogP contribution in [0.4, 0.5) is 20.2 Å². The van der Waals surface area contributed by atoms with Crippen LogP contribution in [0, 0.1) is 17.6 Å². The van der Waals surface area contributed by atoms with Crippen LogP contribution in [-0.2, 0) is 20.1 Å². The van der Waals surface area contributed by atoms with E-state index in [9.17, 15) is 14.4 Å². The molecule has 0 aliphatic carbocycles. The maximum atomic E-state index is 15.4. The van der Waals surface area contributed by atoms with Gasteiger partial charge in [0.05, 0.1) is 36.4 Å². The summed E-state index contributed by atoms with van der Waals surface area (Å²) in [6, 6.07) is 6.42. The molecule has 56 heavy (non-hydrogen) atoms. The monoisotopic (exact) mass is 795 g/mol. The van der Waals surface area contributed by atoms with Gasteiger partial charge in [-0.25, -0.2) is 13.8 Å². The molecule has 0 saturated carbocycles. The van der Waals surface area contributed by atoms with E-state index in [2.05, 4.69) is 35.3 Å². The fourth-order valence-corrected chi connectivity index (χ4v) is 9.77. The van der Waals surface area contributed by atoms with Gasteiger partial charge in [-0.3, -0.25) is 29.5 Å². The molecule has 5 fully saturated rings. The Morgan fingerprint density at radius 1 is 0.911 bits per heavy atom. The van der Waals surface area contributed by atoms with Crippen molar-refractivity contribution in [1.29, 1.82) is 0 Å². The zero-order valence-corrected chi connectivity index (χ0v) is 32.6. The van der Waals surface area contributed by atoms with Gasteiger partial charge in [-0.05, 0) is 64.0 Å². The van der Waals surface area contributed by atoms with Gasteiger partial charge < -0.3 is 29.4 Å². The molecule has 1 atom stereocenters. The Kier molecular flexibility index (Phi) is 12.0. The van der Waals surface area contributed by atoms with Crippen molar-refractivity contribution >= 4 is 45.9 Å². The van der Waals surface area contributed by atoms with Crippen molar-refractivity contribution in [2.24, 2.45) is 5.92 Å². The predicted molar refractivity (Wildman–Crippen MR) is 211 cm³/mol. The minimum Gasteiger partial charge on any atom is -0.495 e. The first kappa shape index (κ1) is 38.9. The van der Waals surface area contributed by atoms with Gasteiger partial charge in [-0.15, -0.1) is 0 Å². The van der Waals surface area contributed by atoms with Crippen molar-refractivity contribution in [3.8, 4) is 11.5 Å². The number of thioether (sulfide) groups is 1. The van der Waals surface area contributed by atoms with Crippen LogP contribution in [0.25, 0.3) is 10.9 Å². The highest BCUT2D eigenvalue weighted by Gasteiger charge is 2.39. The summed E-state index contributed by atoms with van der Waals surface area (Å²) in [6.45, 7) is 7.54. The van der Waals surface area contributed by atoms with Gasteiger partial charge in [0, 0.05) is 87.4 Å². The van der Waals surface area contributed by atoms with Crippen LogP contribution in [0.2, 0.25) is 0 Å². The number of ether oxygens (including phenoxy) is 3. The Morgan fingerprint density at radius 3 is 2.41 bits per heavy atom. The number of methoxy groups -OCH3 is 1. The summed E-state index contributed by atoms with van der Waals surface area (Å²) in [5.74, 6) is 0.614. The molecule has 5 aliphatic heterocycles. The number of H-pyrrole nitrogens is 1. The summed E-state index contributed by atoms with van der Waals surface area (Å²) < 4.78 is 47.6. The van der Waals surface area contributed by atoms with Crippen LogP contribution < -0.4 is 30.6 Å². The molecule has 0 bridgehead atoms. The highest BCUT2D eigenvalue weighted by atomic mass is 32.2. The standard InChI is InChI=1S/C40H51F2N7O6S/c1-53-35-19-34(29(41)18-32(35)43-31-2-3-37(50)46-39(31)51)48-12-6-25(7-13-48)49-20-26(21-49)47-10-4-24(5-11-47)22-55-27-16-30(42)38-33(17-27)44-36(45-40(38)52)23-56-28-8-14-54-15-9-28/h16-19,24-26,28,31,43H,2-15,20-23H2,1H3,(H,44,45,52)(H,46,50,51). The van der Waals surface area contributed by atoms with Crippen molar-refractivity contribution in [3.63, 3.8) is 0 Å². The lowest BCUT2D eigenvalue weighted by molar-refractivity contribution is -0.133. The molecule has 3 aromatic rings. The summed E-state index contributed by atoms with van der Waals surface area (Å²) >= 11 is 1.75. The van der Waals surface area contributed by atoms with Crippen LogP contribution in [0.1, 0.15) is 57.2 Å². The van der Waals surface area contributed by atoms with E-state index in [1.165, 1.54) is 19.2 Å². The number of imide groups is 1. The second kappa shape index (κ2) is 17.2. The summed E-state index contributed by atoms with van der Waals surface area (Å²) in [5, 5.41) is 5.80. The number of carbonyl (C=O) groups is 2. The Bertz CT molecular complexity index is 1960. The largest absolute Gasteiger partial charge is 0.495 e. The topological polar surface area (TPSA) is 141 Å². The van der Waals surface area contributed by atoms with Gasteiger partial charge >= 0.3 is 0 Å². The molecular weight excluding hydrogens is 745 g/mol. The zero-order chi connectivity index (χ0) is 38.8. The predicted octanol–water partition coefficient (Wildman–Crippen LogP) is 4.28. The maximum absolute atomic E-state index is 15.4. The normalized spacial score (nSPS) is 22.6. The number of benzene rings is 2. The third kappa shape index (κ3) is 8.77. The highest BCUT2D eigenvalue weighted by molar-refractivity contribution is 7.99. The number of nitrogens with one attached hydrogen (secondary N) is 3. The number of amides is 2. The molecular formula is C40H51F2N7O6S. The van der Waals surface area contributed by atoms with E-state index in [1.807, 2.05) is 0 Å². The van der Waals surface area contributed by atoms with Gasteiger partial charge in [0.25, 0.3) is 5.56 Å². The van der Waals surface area contributed by atoms with E-state index >= 15 is 8.78 Å². The van der Waals surface area contributed by atoms with Crippen LogP contribution in [0.5, 0.6) is 11.5 Å². The minimum absolute atomic E-state index is 0.0343. The number of rotatable bonds is 12. The summed E-state index contributed by atoms with van der Waals surface area (Å²) in [5.41, 5.74) is 0.743. The van der Waals surface area contributed by atoms with Crippen molar-refractivity contribution in [1.82, 2.24) is 25.1 Å². The van der Waals surface area contributed by atoms with E-state index in [1.54, 1.807) is 23.9 Å². The number of halogens is 2. The molecule has 3 N–H and O–H groups in total. The first-order valence-corrected chi connectivity index (χ1v) is 21.0. The average Bonchev–Trinajstić information content (AvgIpc) is 3.18. The fourth-order valence-electron chi connectivity index (χ4n) is 8.71. The molecule has 302 valence electrons. The van der Waals surface area contributed by atoms with Crippen molar-refractivity contribution in [2.45, 2.75) is 80.5 Å². The molecule has 16 heteroatoms. The van der Waals surface area contributed by atoms with Crippen LogP contribution in [0.3, 0.4) is 0 Å². The van der Waals surface area contributed by atoms with E-state index < -0.39 is 23.3 Å². The van der Waals surface area contributed by atoms with Crippen LogP contribution in [-0.4, -0.2) is 121 Å². The lowest BCUT2D eigenvalue weighted by atomic mass is 9.92. The molecule has 0 spiro atoms. The summed E-state index contributed by atoms with van der Waals surface area (Å²) in [6.07, 6.45) is 6.42. The van der Waals surface area contributed by atoms with Gasteiger partial charge in [0.1, 0.15) is 40.4 Å². The zero-order valence-electron chi connectivity index (χ0n) is 31.8. The number of aromatic amines is 1. The van der Waals surface area contributed by atoms with E-state index in [0.29, 0.717) is 76.2 Å². The first-order chi connectivity index (χ1) is 27.2. The van der Waals surface area contributed by atoms with Crippen molar-refractivity contribution in [3.05, 3.63) is 52.1 Å². The van der Waals surface area contributed by atoms with Crippen molar-refractivity contribution in [2.75, 3.05) is 76.4 Å². The Balaban J connectivity index is 0.771. The van der Waals surface area contributed by atoms with Gasteiger partial charge in [-0.2, -0.15) is 11.8 Å². The fraction of sp³-hybridized carbons (Fsp3) is 0.600. The SMILES string of the molecule is COc1cc(N2CCC(N3CC(N4CCC(COc5cc(F)c6c(=O)[nH]c(CSC7CCOCC7)nc6c5)CC4)C3)CC2)c(F)cc1NC1CCC(=O)NC1=O. The number of carbonyl (C=O) groups excluding carboxylic acids is 2. The average molecular weight is 796 g/mol. The number of nitrogens with zero attached hydrogens (tertiary/aromatic N) is 4. The molecule has 6 heterocycles. The van der Waals surface area contributed by atoms with E-state index in [4.69, 9.17) is 14.2 Å². The number of likely N-dealkylation sites (tertiary alicyclic amines) is 2. The third-order valence-corrected chi connectivity index (χ3v) is 13.5. The number of fused-ring (bicyclic) bond motifs is 1. The molecule has 5 saturated heterocycles. The maximum Gasteiger partial charge on any atom is 0.261 e. The Hall–Kier alpha value is -3.99. The molecule has 5 aliphatic rings. The van der Waals surface area contributed by atoms with Crippen molar-refractivity contribution < 1.29 is 32.6 Å². The second-order valence-corrected chi connectivity index (χ2v) is 17.0. The molecule has 2 amide bonds. The summed E-state index contributed by atoms with van der Waals surface area (Å²) in [4.78, 5) is 51.1. The van der Waals surface area contributed by atoms with Gasteiger partial charge in [0.2, 0.25) is 11.8 Å². The molecule has 13 nitrogen and oxygen atoms in total. The molecule has 2 aromatic carbocycles. The summed E-state index contributed by atoms with van der Waals surface area (Å²) in [7, 11) is 1.52.